The molecule has 0 spiro atoms. The van der Waals surface area contributed by atoms with E-state index in [1.54, 1.807) is 6.20 Å². The maximum Gasteiger partial charge on any atom is 0.192 e. The average molecular weight is 501 g/mol. The number of rotatable bonds is 5. The number of fused-ring (bicyclic) bond motifs is 1. The number of hydrogen-bond donors (Lipinski definition) is 0. The van der Waals surface area contributed by atoms with E-state index in [0.717, 1.165) is 53.7 Å². The summed E-state index contributed by atoms with van der Waals surface area (Å²) < 4.78 is 8.81. The highest BCUT2D eigenvalue weighted by atomic mass is 35.5. The van der Waals surface area contributed by atoms with Gasteiger partial charge in [0.25, 0.3) is 0 Å². The SMILES string of the molecule is CC1(CO[Si](C)(C)C(C)(C)C)Cc2nnc(-c3ccc(-c4cccnc4)cc3Cl)n2CCS1. The summed E-state index contributed by atoms with van der Waals surface area (Å²) >= 11 is 8.71. The second kappa shape index (κ2) is 9.17. The maximum atomic E-state index is 6.73. The van der Waals surface area contributed by atoms with Crippen LogP contribution in [-0.2, 0) is 17.4 Å². The molecule has 5 nitrogen and oxygen atoms in total. The van der Waals surface area contributed by atoms with Gasteiger partial charge in [-0.3, -0.25) is 4.98 Å². The minimum absolute atomic E-state index is 0.0258. The van der Waals surface area contributed by atoms with E-state index in [4.69, 9.17) is 16.0 Å². The Balaban J connectivity index is 1.57. The fraction of sp³-hybridized carbons (Fsp3) is 0.480. The largest absolute Gasteiger partial charge is 0.415 e. The summed E-state index contributed by atoms with van der Waals surface area (Å²) in [6.45, 7) is 15.4. The smallest absolute Gasteiger partial charge is 0.192 e. The zero-order valence-electron chi connectivity index (χ0n) is 20.4. The molecule has 1 atom stereocenters. The van der Waals surface area contributed by atoms with Crippen LogP contribution in [0.15, 0.2) is 42.7 Å². The Morgan fingerprint density at radius 1 is 1.18 bits per heavy atom. The van der Waals surface area contributed by atoms with Crippen molar-refractivity contribution in [2.45, 2.75) is 63.5 Å². The van der Waals surface area contributed by atoms with Crippen LogP contribution < -0.4 is 0 Å². The Labute approximate surface area is 207 Å². The molecule has 33 heavy (non-hydrogen) atoms. The maximum absolute atomic E-state index is 6.73. The fourth-order valence-electron chi connectivity index (χ4n) is 3.72. The topological polar surface area (TPSA) is 52.8 Å². The van der Waals surface area contributed by atoms with Crippen LogP contribution in [0.1, 0.15) is 33.5 Å². The molecule has 0 bridgehead atoms. The summed E-state index contributed by atoms with van der Waals surface area (Å²) in [5.41, 5.74) is 2.99. The quantitative estimate of drug-likeness (QED) is 0.363. The van der Waals surface area contributed by atoms with Crippen LogP contribution in [0.4, 0.5) is 0 Å². The van der Waals surface area contributed by atoms with Gasteiger partial charge in [0.15, 0.2) is 14.1 Å². The van der Waals surface area contributed by atoms with Crippen LogP contribution in [0.5, 0.6) is 0 Å². The van der Waals surface area contributed by atoms with Crippen LogP contribution in [-0.4, -0.2) is 45.2 Å². The molecule has 0 N–H and O–H groups in total. The van der Waals surface area contributed by atoms with Crippen LogP contribution in [0.3, 0.4) is 0 Å². The van der Waals surface area contributed by atoms with Gasteiger partial charge in [-0.2, -0.15) is 11.8 Å². The third-order valence-electron chi connectivity index (χ3n) is 6.87. The summed E-state index contributed by atoms with van der Waals surface area (Å²) in [7, 11) is -1.81. The number of benzene rings is 1. The standard InChI is InChI=1S/C25H33ClN4OSSi/c1-24(2,3)33(5,6)31-17-25(4)15-22-28-29-23(30(22)12-13-32-25)20-10-9-18(14-21(20)26)19-8-7-11-27-16-19/h7-11,14,16H,12-13,15,17H2,1-6H3. The van der Waals surface area contributed by atoms with Gasteiger partial charge in [-0.05, 0) is 48.8 Å². The normalized spacial score (nSPS) is 19.2. The van der Waals surface area contributed by atoms with Crippen molar-refractivity contribution >= 4 is 31.7 Å². The summed E-state index contributed by atoms with van der Waals surface area (Å²) in [5, 5.41) is 10.0. The Morgan fingerprint density at radius 3 is 2.64 bits per heavy atom. The number of hydrogen-bond acceptors (Lipinski definition) is 5. The lowest BCUT2D eigenvalue weighted by atomic mass is 10.0. The zero-order valence-corrected chi connectivity index (χ0v) is 22.9. The average Bonchev–Trinajstić information content (AvgIpc) is 3.05. The lowest BCUT2D eigenvalue weighted by molar-refractivity contribution is 0.252. The van der Waals surface area contributed by atoms with E-state index in [2.05, 4.69) is 66.6 Å². The van der Waals surface area contributed by atoms with Gasteiger partial charge in [-0.1, -0.05) is 44.5 Å². The first kappa shape index (κ1) is 24.5. The molecular weight excluding hydrogens is 468 g/mol. The van der Waals surface area contributed by atoms with Gasteiger partial charge in [0.05, 0.1) is 5.02 Å². The van der Waals surface area contributed by atoms with Gasteiger partial charge in [0.2, 0.25) is 0 Å². The van der Waals surface area contributed by atoms with E-state index < -0.39 is 8.32 Å². The molecule has 1 aliphatic rings. The summed E-state index contributed by atoms with van der Waals surface area (Å²) in [4.78, 5) is 4.21. The molecule has 0 radical (unpaired) electrons. The Bertz CT molecular complexity index is 1130. The second-order valence-corrected chi connectivity index (χ2v) is 17.5. The lowest BCUT2D eigenvalue weighted by Gasteiger charge is -2.39. The van der Waals surface area contributed by atoms with Crippen molar-refractivity contribution in [3.05, 3.63) is 53.6 Å². The van der Waals surface area contributed by atoms with Crippen molar-refractivity contribution < 1.29 is 4.43 Å². The van der Waals surface area contributed by atoms with E-state index in [0.29, 0.717) is 5.02 Å². The first-order valence-corrected chi connectivity index (χ1v) is 15.7. The molecule has 0 saturated heterocycles. The first-order valence-electron chi connectivity index (χ1n) is 11.4. The third kappa shape index (κ3) is 5.21. The first-order chi connectivity index (χ1) is 15.5. The van der Waals surface area contributed by atoms with E-state index in [1.807, 2.05) is 42.2 Å². The van der Waals surface area contributed by atoms with E-state index in [1.165, 1.54) is 0 Å². The van der Waals surface area contributed by atoms with Crippen LogP contribution in [0, 0.1) is 0 Å². The fourth-order valence-corrected chi connectivity index (χ4v) is 6.34. The molecule has 1 aliphatic heterocycles. The van der Waals surface area contributed by atoms with Crippen LogP contribution >= 0.6 is 23.4 Å². The number of thioether (sulfide) groups is 1. The van der Waals surface area contributed by atoms with E-state index >= 15 is 0 Å². The van der Waals surface area contributed by atoms with Crippen molar-refractivity contribution in [2.24, 2.45) is 0 Å². The van der Waals surface area contributed by atoms with Crippen molar-refractivity contribution in [1.29, 1.82) is 0 Å². The third-order valence-corrected chi connectivity index (χ3v) is 13.0. The Hall–Kier alpha value is -1.67. The van der Waals surface area contributed by atoms with E-state index in [-0.39, 0.29) is 9.79 Å². The molecule has 0 fully saturated rings. The highest BCUT2D eigenvalue weighted by Gasteiger charge is 2.40. The molecule has 0 aliphatic carbocycles. The van der Waals surface area contributed by atoms with Crippen LogP contribution in [0.2, 0.25) is 23.2 Å². The van der Waals surface area contributed by atoms with Crippen molar-refractivity contribution in [3.63, 3.8) is 0 Å². The van der Waals surface area contributed by atoms with Crippen molar-refractivity contribution in [1.82, 2.24) is 19.7 Å². The number of halogens is 1. The predicted octanol–water partition coefficient (Wildman–Crippen LogP) is 6.73. The molecular formula is C25H33ClN4OSSi. The highest BCUT2D eigenvalue weighted by molar-refractivity contribution is 8.00. The molecule has 3 heterocycles. The minimum Gasteiger partial charge on any atom is -0.415 e. The number of aromatic nitrogens is 4. The number of nitrogens with zero attached hydrogens (tertiary/aromatic N) is 4. The summed E-state index contributed by atoms with van der Waals surface area (Å²) in [6, 6.07) is 10.1. The minimum atomic E-state index is -1.81. The van der Waals surface area contributed by atoms with Gasteiger partial charge >= 0.3 is 0 Å². The van der Waals surface area contributed by atoms with Gasteiger partial charge in [-0.25, -0.2) is 0 Å². The van der Waals surface area contributed by atoms with Crippen molar-refractivity contribution in [3.8, 4) is 22.5 Å². The second-order valence-electron chi connectivity index (χ2n) is 10.6. The van der Waals surface area contributed by atoms with Gasteiger partial charge < -0.3 is 8.99 Å². The molecule has 0 amide bonds. The molecule has 2 aromatic heterocycles. The summed E-state index contributed by atoms with van der Waals surface area (Å²) in [5.74, 6) is 2.83. The van der Waals surface area contributed by atoms with E-state index in [9.17, 15) is 0 Å². The van der Waals surface area contributed by atoms with Crippen LogP contribution in [0.25, 0.3) is 22.5 Å². The van der Waals surface area contributed by atoms with Gasteiger partial charge in [-0.15, -0.1) is 10.2 Å². The zero-order chi connectivity index (χ0) is 23.9. The lowest BCUT2D eigenvalue weighted by Crippen LogP contribution is -2.45. The molecule has 4 rings (SSSR count). The monoisotopic (exact) mass is 500 g/mol. The molecule has 0 saturated carbocycles. The highest BCUT2D eigenvalue weighted by Crippen LogP contribution is 2.40. The number of pyridine rings is 1. The Morgan fingerprint density at radius 2 is 1.97 bits per heavy atom. The predicted molar refractivity (Wildman–Crippen MR) is 141 cm³/mol. The molecule has 1 aromatic carbocycles. The Kier molecular flexibility index (Phi) is 6.80. The molecule has 1 unspecified atom stereocenters. The van der Waals surface area contributed by atoms with Crippen molar-refractivity contribution in [2.75, 3.05) is 12.4 Å². The van der Waals surface area contributed by atoms with Gasteiger partial charge in [0.1, 0.15) is 5.82 Å². The molecule has 176 valence electrons. The van der Waals surface area contributed by atoms with Gasteiger partial charge in [0, 0.05) is 53.6 Å². The summed E-state index contributed by atoms with van der Waals surface area (Å²) in [6.07, 6.45) is 4.44. The molecule has 8 heteroatoms. The molecule has 3 aromatic rings.